The fourth-order valence-corrected chi connectivity index (χ4v) is 2.21. The second kappa shape index (κ2) is 8.03. The zero-order valence-corrected chi connectivity index (χ0v) is 13.7. The Labute approximate surface area is 128 Å². The number of benzene rings is 1. The van der Waals surface area contributed by atoms with E-state index in [0.717, 1.165) is 29.8 Å². The van der Waals surface area contributed by atoms with Gasteiger partial charge < -0.3 is 15.8 Å². The van der Waals surface area contributed by atoms with E-state index in [1.165, 1.54) is 0 Å². The quantitative estimate of drug-likeness (QED) is 0.771. The van der Waals surface area contributed by atoms with Crippen molar-refractivity contribution in [2.45, 2.75) is 47.0 Å². The molecule has 1 aromatic rings. The van der Waals surface area contributed by atoms with E-state index >= 15 is 0 Å². The van der Waals surface area contributed by atoms with Crippen LogP contribution in [0.3, 0.4) is 0 Å². The second-order valence-corrected chi connectivity index (χ2v) is 6.16. The minimum Gasteiger partial charge on any atom is -0.494 e. The fraction of sp³-hybridized carbons (Fsp3) is 0.588. The van der Waals surface area contributed by atoms with Crippen molar-refractivity contribution in [2.75, 3.05) is 18.5 Å². The van der Waals surface area contributed by atoms with Crippen LogP contribution in [0.5, 0.6) is 5.75 Å². The van der Waals surface area contributed by atoms with Crippen molar-refractivity contribution < 1.29 is 9.53 Å². The minimum atomic E-state index is 0.0485. The number of anilines is 1. The van der Waals surface area contributed by atoms with E-state index in [-0.39, 0.29) is 11.3 Å². The van der Waals surface area contributed by atoms with Crippen molar-refractivity contribution in [3.05, 3.63) is 23.8 Å². The Balaban J connectivity index is 2.55. The van der Waals surface area contributed by atoms with E-state index in [2.05, 4.69) is 19.2 Å². The molecule has 0 saturated heterocycles. The van der Waals surface area contributed by atoms with Crippen LogP contribution in [0.2, 0.25) is 0 Å². The Hall–Kier alpha value is -1.55. The maximum Gasteiger partial charge on any atom is 0.224 e. The SMILES string of the molecule is CCOc1ccc(NC(=O)CCC(C)(C)CCN)c(C)c1. The van der Waals surface area contributed by atoms with E-state index in [1.807, 2.05) is 32.0 Å². The number of carbonyl (C=O) groups excluding carboxylic acids is 1. The summed E-state index contributed by atoms with van der Waals surface area (Å²) in [5.41, 5.74) is 7.56. The zero-order chi connectivity index (χ0) is 15.9. The van der Waals surface area contributed by atoms with Crippen LogP contribution in [0, 0.1) is 12.3 Å². The van der Waals surface area contributed by atoms with Gasteiger partial charge in [-0.05, 0) is 62.4 Å². The van der Waals surface area contributed by atoms with Crippen molar-refractivity contribution in [3.63, 3.8) is 0 Å². The molecule has 1 rings (SSSR count). The maximum atomic E-state index is 12.1. The highest BCUT2D eigenvalue weighted by atomic mass is 16.5. The predicted octanol–water partition coefficient (Wildman–Crippen LogP) is 3.49. The molecule has 0 radical (unpaired) electrons. The average molecular weight is 292 g/mol. The first-order chi connectivity index (χ1) is 9.88. The number of carbonyl (C=O) groups is 1. The van der Waals surface area contributed by atoms with Crippen LogP contribution in [0.4, 0.5) is 5.69 Å². The highest BCUT2D eigenvalue weighted by molar-refractivity contribution is 5.91. The van der Waals surface area contributed by atoms with Gasteiger partial charge in [-0.2, -0.15) is 0 Å². The molecule has 4 nitrogen and oxygen atoms in total. The van der Waals surface area contributed by atoms with E-state index in [4.69, 9.17) is 10.5 Å². The predicted molar refractivity (Wildman–Crippen MR) is 87.7 cm³/mol. The number of hydrogen-bond donors (Lipinski definition) is 2. The summed E-state index contributed by atoms with van der Waals surface area (Å²) in [6, 6.07) is 5.71. The first-order valence-corrected chi connectivity index (χ1v) is 7.61. The molecule has 0 bridgehead atoms. The van der Waals surface area contributed by atoms with Gasteiger partial charge in [0, 0.05) is 12.1 Å². The summed E-state index contributed by atoms with van der Waals surface area (Å²) < 4.78 is 5.44. The molecule has 0 aliphatic carbocycles. The molecule has 0 atom stereocenters. The van der Waals surface area contributed by atoms with E-state index in [0.29, 0.717) is 19.6 Å². The number of hydrogen-bond acceptors (Lipinski definition) is 3. The molecule has 0 saturated carbocycles. The molecule has 118 valence electrons. The van der Waals surface area contributed by atoms with Crippen LogP contribution in [0.25, 0.3) is 0 Å². The summed E-state index contributed by atoms with van der Waals surface area (Å²) in [5.74, 6) is 0.879. The Morgan fingerprint density at radius 1 is 1.33 bits per heavy atom. The standard InChI is InChI=1S/C17H28N2O2/c1-5-21-14-6-7-15(13(2)12-14)19-16(20)8-9-17(3,4)10-11-18/h6-7,12H,5,8-11,18H2,1-4H3,(H,19,20). The van der Waals surface area contributed by atoms with Crippen molar-refractivity contribution >= 4 is 11.6 Å². The molecule has 0 heterocycles. The first-order valence-electron chi connectivity index (χ1n) is 7.61. The summed E-state index contributed by atoms with van der Waals surface area (Å²) in [4.78, 5) is 12.1. The van der Waals surface area contributed by atoms with E-state index < -0.39 is 0 Å². The van der Waals surface area contributed by atoms with Gasteiger partial charge in [0.05, 0.1) is 6.61 Å². The molecule has 0 aliphatic heterocycles. The van der Waals surface area contributed by atoms with Crippen molar-refractivity contribution in [3.8, 4) is 5.75 Å². The van der Waals surface area contributed by atoms with Crippen LogP contribution in [0.15, 0.2) is 18.2 Å². The van der Waals surface area contributed by atoms with Crippen LogP contribution in [-0.4, -0.2) is 19.1 Å². The normalized spacial score (nSPS) is 11.3. The minimum absolute atomic E-state index is 0.0485. The summed E-state index contributed by atoms with van der Waals surface area (Å²) >= 11 is 0. The Morgan fingerprint density at radius 3 is 2.62 bits per heavy atom. The largest absolute Gasteiger partial charge is 0.494 e. The van der Waals surface area contributed by atoms with Gasteiger partial charge in [-0.3, -0.25) is 4.79 Å². The number of aryl methyl sites for hydroxylation is 1. The number of nitrogens with two attached hydrogens (primary N) is 1. The third kappa shape index (κ3) is 6.17. The molecule has 0 spiro atoms. The second-order valence-electron chi connectivity index (χ2n) is 6.16. The average Bonchev–Trinajstić information content (AvgIpc) is 2.40. The van der Waals surface area contributed by atoms with Gasteiger partial charge in [-0.1, -0.05) is 13.8 Å². The summed E-state index contributed by atoms with van der Waals surface area (Å²) in [6.07, 6.45) is 2.29. The smallest absolute Gasteiger partial charge is 0.224 e. The number of ether oxygens (including phenoxy) is 1. The van der Waals surface area contributed by atoms with Gasteiger partial charge in [0.2, 0.25) is 5.91 Å². The Bertz CT molecular complexity index is 470. The number of amides is 1. The van der Waals surface area contributed by atoms with Crippen LogP contribution >= 0.6 is 0 Å². The highest BCUT2D eigenvalue weighted by Gasteiger charge is 2.18. The van der Waals surface area contributed by atoms with Crippen LogP contribution in [-0.2, 0) is 4.79 Å². The Morgan fingerprint density at radius 2 is 2.05 bits per heavy atom. The first kappa shape index (κ1) is 17.5. The number of nitrogens with one attached hydrogen (secondary N) is 1. The topological polar surface area (TPSA) is 64.3 Å². The molecule has 4 heteroatoms. The van der Waals surface area contributed by atoms with E-state index in [9.17, 15) is 4.79 Å². The molecule has 1 aromatic carbocycles. The third-order valence-electron chi connectivity index (χ3n) is 3.63. The zero-order valence-electron chi connectivity index (χ0n) is 13.7. The van der Waals surface area contributed by atoms with Gasteiger partial charge in [-0.15, -0.1) is 0 Å². The van der Waals surface area contributed by atoms with Gasteiger partial charge >= 0.3 is 0 Å². The lowest BCUT2D eigenvalue weighted by atomic mass is 9.84. The molecular weight excluding hydrogens is 264 g/mol. The molecule has 0 aromatic heterocycles. The van der Waals surface area contributed by atoms with Crippen molar-refractivity contribution in [1.82, 2.24) is 0 Å². The van der Waals surface area contributed by atoms with Crippen molar-refractivity contribution in [2.24, 2.45) is 11.1 Å². The molecular formula is C17H28N2O2. The Kier molecular flexibility index (Phi) is 6.69. The molecule has 0 fully saturated rings. The van der Waals surface area contributed by atoms with E-state index in [1.54, 1.807) is 0 Å². The lowest BCUT2D eigenvalue weighted by molar-refractivity contribution is -0.116. The van der Waals surface area contributed by atoms with Gasteiger partial charge in [0.15, 0.2) is 0 Å². The molecule has 0 unspecified atom stereocenters. The third-order valence-corrected chi connectivity index (χ3v) is 3.63. The fourth-order valence-electron chi connectivity index (χ4n) is 2.21. The van der Waals surface area contributed by atoms with Gasteiger partial charge in [0.1, 0.15) is 5.75 Å². The highest BCUT2D eigenvalue weighted by Crippen LogP contribution is 2.27. The molecule has 0 aliphatic rings. The summed E-state index contributed by atoms with van der Waals surface area (Å²) in [6.45, 7) is 9.52. The van der Waals surface area contributed by atoms with Gasteiger partial charge in [-0.25, -0.2) is 0 Å². The molecule has 21 heavy (non-hydrogen) atoms. The van der Waals surface area contributed by atoms with Crippen molar-refractivity contribution in [1.29, 1.82) is 0 Å². The molecule has 3 N–H and O–H groups in total. The maximum absolute atomic E-state index is 12.1. The van der Waals surface area contributed by atoms with Crippen LogP contribution < -0.4 is 15.8 Å². The number of rotatable bonds is 8. The monoisotopic (exact) mass is 292 g/mol. The van der Waals surface area contributed by atoms with Gasteiger partial charge in [0.25, 0.3) is 0 Å². The summed E-state index contributed by atoms with van der Waals surface area (Å²) in [5, 5.41) is 2.97. The lowest BCUT2D eigenvalue weighted by Crippen LogP contribution is -2.20. The lowest BCUT2D eigenvalue weighted by Gasteiger charge is -2.23. The summed E-state index contributed by atoms with van der Waals surface area (Å²) in [7, 11) is 0. The van der Waals surface area contributed by atoms with Crippen LogP contribution in [0.1, 0.15) is 45.6 Å². The molecule has 1 amide bonds.